The van der Waals surface area contributed by atoms with E-state index in [4.69, 9.17) is 4.74 Å². The van der Waals surface area contributed by atoms with Crippen molar-refractivity contribution in [1.29, 1.82) is 0 Å². The fourth-order valence-corrected chi connectivity index (χ4v) is 1.95. The predicted molar refractivity (Wildman–Crippen MR) is 78.4 cm³/mol. The molecule has 0 spiro atoms. The fourth-order valence-electron chi connectivity index (χ4n) is 1.95. The van der Waals surface area contributed by atoms with Crippen molar-refractivity contribution in [3.05, 3.63) is 41.7 Å². The average molecular weight is 292 g/mol. The first-order valence-electron chi connectivity index (χ1n) is 7.11. The van der Waals surface area contributed by atoms with E-state index < -0.39 is 0 Å². The van der Waals surface area contributed by atoms with Gasteiger partial charge in [0.05, 0.1) is 0 Å². The number of hydrogen-bond donors (Lipinski definition) is 1. The molecule has 5 nitrogen and oxygen atoms in total. The van der Waals surface area contributed by atoms with Gasteiger partial charge in [0.25, 0.3) is 0 Å². The third-order valence-corrected chi connectivity index (χ3v) is 3.08. The van der Waals surface area contributed by atoms with Crippen molar-refractivity contribution in [3.8, 4) is 5.75 Å². The Labute approximate surface area is 124 Å². The number of ether oxygens (including phenoxy) is 1. The second-order valence-corrected chi connectivity index (χ2v) is 5.07. The average Bonchev–Trinajstić information content (AvgIpc) is 2.91. The molecule has 0 aliphatic heterocycles. The molecule has 0 aliphatic rings. The molecule has 0 amide bonds. The van der Waals surface area contributed by atoms with Gasteiger partial charge in [0.1, 0.15) is 24.5 Å². The van der Waals surface area contributed by atoms with Crippen LogP contribution >= 0.6 is 0 Å². The molecule has 0 fully saturated rings. The Morgan fingerprint density at radius 2 is 2.19 bits per heavy atom. The van der Waals surface area contributed by atoms with Crippen molar-refractivity contribution in [2.24, 2.45) is 0 Å². The van der Waals surface area contributed by atoms with Crippen LogP contribution in [0.5, 0.6) is 5.75 Å². The molecule has 2 aromatic rings. The molecule has 0 radical (unpaired) electrons. The Hall–Kier alpha value is -1.95. The summed E-state index contributed by atoms with van der Waals surface area (Å²) < 4.78 is 20.9. The highest BCUT2D eigenvalue weighted by Gasteiger charge is 2.09. The van der Waals surface area contributed by atoms with Gasteiger partial charge in [0.2, 0.25) is 0 Å². The van der Waals surface area contributed by atoms with Gasteiger partial charge in [0, 0.05) is 24.7 Å². The molecule has 21 heavy (non-hydrogen) atoms. The smallest absolute Gasteiger partial charge is 0.164 e. The lowest BCUT2D eigenvalue weighted by molar-refractivity contribution is 0.283. The summed E-state index contributed by atoms with van der Waals surface area (Å²) in [7, 11) is 0. The standard InChI is InChI=1S/C15H21FN4O/c1-4-20-15(18-10-19-20)9-21-14-6-5-13(16)7-12(14)8-17-11(2)3/h5-7,10-11,17H,4,8-9H2,1-3H3. The molecule has 0 saturated carbocycles. The van der Waals surface area contributed by atoms with Gasteiger partial charge >= 0.3 is 0 Å². The minimum Gasteiger partial charge on any atom is -0.485 e. The van der Waals surface area contributed by atoms with E-state index >= 15 is 0 Å². The molecule has 0 unspecified atom stereocenters. The molecule has 0 bridgehead atoms. The fraction of sp³-hybridized carbons (Fsp3) is 0.467. The summed E-state index contributed by atoms with van der Waals surface area (Å²) in [5, 5.41) is 7.36. The minimum atomic E-state index is -0.264. The topological polar surface area (TPSA) is 52.0 Å². The largest absolute Gasteiger partial charge is 0.485 e. The van der Waals surface area contributed by atoms with E-state index in [0.29, 0.717) is 24.9 Å². The Bertz CT molecular complexity index is 583. The van der Waals surface area contributed by atoms with E-state index in [1.54, 1.807) is 10.7 Å². The number of rotatable bonds is 7. The molecule has 1 heterocycles. The summed E-state index contributed by atoms with van der Waals surface area (Å²) >= 11 is 0. The summed E-state index contributed by atoms with van der Waals surface area (Å²) in [5.41, 5.74) is 0.797. The van der Waals surface area contributed by atoms with Gasteiger partial charge in [-0.1, -0.05) is 13.8 Å². The predicted octanol–water partition coefficient (Wildman–Crippen LogP) is 2.51. The van der Waals surface area contributed by atoms with E-state index in [1.165, 1.54) is 18.5 Å². The van der Waals surface area contributed by atoms with Crippen LogP contribution in [0.25, 0.3) is 0 Å². The van der Waals surface area contributed by atoms with Crippen LogP contribution in [0.15, 0.2) is 24.5 Å². The molecular formula is C15H21FN4O. The highest BCUT2D eigenvalue weighted by molar-refractivity contribution is 5.34. The van der Waals surface area contributed by atoms with E-state index in [-0.39, 0.29) is 5.82 Å². The molecular weight excluding hydrogens is 271 g/mol. The Morgan fingerprint density at radius 3 is 2.90 bits per heavy atom. The van der Waals surface area contributed by atoms with Crippen LogP contribution in [-0.2, 0) is 19.7 Å². The number of nitrogens with one attached hydrogen (secondary N) is 1. The molecule has 1 aromatic heterocycles. The first kappa shape index (κ1) is 15.4. The summed E-state index contributed by atoms with van der Waals surface area (Å²) in [5.74, 6) is 1.15. The Balaban J connectivity index is 2.08. The maximum Gasteiger partial charge on any atom is 0.164 e. The minimum absolute atomic E-state index is 0.264. The first-order valence-corrected chi connectivity index (χ1v) is 7.11. The van der Waals surface area contributed by atoms with Crippen molar-refractivity contribution in [1.82, 2.24) is 20.1 Å². The van der Waals surface area contributed by atoms with Crippen LogP contribution in [0.3, 0.4) is 0 Å². The van der Waals surface area contributed by atoms with Crippen LogP contribution < -0.4 is 10.1 Å². The first-order chi connectivity index (χ1) is 10.1. The van der Waals surface area contributed by atoms with Gasteiger partial charge in [-0.2, -0.15) is 5.10 Å². The zero-order chi connectivity index (χ0) is 15.2. The van der Waals surface area contributed by atoms with Crippen LogP contribution in [0.1, 0.15) is 32.2 Å². The quantitative estimate of drug-likeness (QED) is 0.852. The summed E-state index contributed by atoms with van der Waals surface area (Å²) in [6.07, 6.45) is 1.51. The van der Waals surface area contributed by atoms with Crippen LogP contribution in [0.2, 0.25) is 0 Å². The van der Waals surface area contributed by atoms with E-state index in [1.807, 2.05) is 20.8 Å². The van der Waals surface area contributed by atoms with Gasteiger partial charge in [-0.3, -0.25) is 0 Å². The Kier molecular flexibility index (Phi) is 5.27. The third kappa shape index (κ3) is 4.26. The van der Waals surface area contributed by atoms with Crippen molar-refractivity contribution in [3.63, 3.8) is 0 Å². The maximum absolute atomic E-state index is 13.4. The molecule has 0 atom stereocenters. The summed E-state index contributed by atoms with van der Waals surface area (Å²) in [6, 6.07) is 4.87. The lowest BCUT2D eigenvalue weighted by Gasteiger charge is -2.14. The van der Waals surface area contributed by atoms with Crippen LogP contribution in [0.4, 0.5) is 4.39 Å². The number of aromatic nitrogens is 3. The van der Waals surface area contributed by atoms with Gasteiger partial charge in [-0.05, 0) is 25.1 Å². The number of nitrogens with zero attached hydrogens (tertiary/aromatic N) is 3. The lowest BCUT2D eigenvalue weighted by atomic mass is 10.2. The van der Waals surface area contributed by atoms with E-state index in [2.05, 4.69) is 15.4 Å². The molecule has 1 N–H and O–H groups in total. The Morgan fingerprint density at radius 1 is 1.38 bits per heavy atom. The van der Waals surface area contributed by atoms with Crippen molar-refractivity contribution < 1.29 is 9.13 Å². The SMILES string of the molecule is CCn1ncnc1COc1ccc(F)cc1CNC(C)C. The zero-order valence-electron chi connectivity index (χ0n) is 12.6. The second-order valence-electron chi connectivity index (χ2n) is 5.07. The highest BCUT2D eigenvalue weighted by atomic mass is 19.1. The monoisotopic (exact) mass is 292 g/mol. The molecule has 0 saturated heterocycles. The lowest BCUT2D eigenvalue weighted by Crippen LogP contribution is -2.22. The van der Waals surface area contributed by atoms with Gasteiger partial charge < -0.3 is 10.1 Å². The van der Waals surface area contributed by atoms with E-state index in [0.717, 1.165) is 17.9 Å². The number of benzene rings is 1. The molecule has 114 valence electrons. The van der Waals surface area contributed by atoms with Gasteiger partial charge in [-0.15, -0.1) is 0 Å². The highest BCUT2D eigenvalue weighted by Crippen LogP contribution is 2.21. The second kappa shape index (κ2) is 7.17. The van der Waals surface area contributed by atoms with Crippen molar-refractivity contribution >= 4 is 0 Å². The molecule has 1 aromatic carbocycles. The normalized spacial score (nSPS) is 11.1. The third-order valence-electron chi connectivity index (χ3n) is 3.08. The van der Waals surface area contributed by atoms with Gasteiger partial charge in [0.15, 0.2) is 5.82 Å². The summed E-state index contributed by atoms with van der Waals surface area (Å²) in [6.45, 7) is 7.70. The van der Waals surface area contributed by atoms with Crippen molar-refractivity contribution in [2.45, 2.75) is 46.5 Å². The van der Waals surface area contributed by atoms with Gasteiger partial charge in [-0.25, -0.2) is 14.1 Å². The van der Waals surface area contributed by atoms with Crippen LogP contribution in [-0.4, -0.2) is 20.8 Å². The van der Waals surface area contributed by atoms with Crippen molar-refractivity contribution in [2.75, 3.05) is 0 Å². The number of aryl methyl sites for hydroxylation is 1. The summed E-state index contributed by atoms with van der Waals surface area (Å²) in [4.78, 5) is 4.16. The van der Waals surface area contributed by atoms with E-state index in [9.17, 15) is 4.39 Å². The van der Waals surface area contributed by atoms with Crippen LogP contribution in [0, 0.1) is 5.82 Å². The molecule has 0 aliphatic carbocycles. The number of hydrogen-bond acceptors (Lipinski definition) is 4. The zero-order valence-corrected chi connectivity index (χ0v) is 12.6. The molecule has 6 heteroatoms. The maximum atomic E-state index is 13.4. The number of halogens is 1. The molecule has 2 rings (SSSR count).